The van der Waals surface area contributed by atoms with E-state index in [2.05, 4.69) is 22.5 Å². The second kappa shape index (κ2) is 11.8. The highest BCUT2D eigenvalue weighted by Crippen LogP contribution is 2.40. The minimum atomic E-state index is -4.47. The highest BCUT2D eigenvalue weighted by Gasteiger charge is 2.32. The van der Waals surface area contributed by atoms with E-state index in [-0.39, 0.29) is 35.0 Å². The van der Waals surface area contributed by atoms with Gasteiger partial charge in [-0.05, 0) is 62.0 Å². The molecule has 0 bridgehead atoms. The number of halogens is 4. The van der Waals surface area contributed by atoms with Crippen LogP contribution in [-0.2, 0) is 11.0 Å². The molecule has 210 valence electrons. The van der Waals surface area contributed by atoms with Crippen LogP contribution in [0.4, 0.5) is 28.9 Å². The van der Waals surface area contributed by atoms with Crippen LogP contribution in [0.5, 0.6) is 5.75 Å². The SMILES string of the molecule is [2H]C([2H])([2H])Oc1cc(P(C)(C)=O)ccc1NCC#Cc1sc2c(NC3CCN(C)CC3F)cccc2c1CC(F)(F)F. The molecule has 1 fully saturated rings. The van der Waals surface area contributed by atoms with E-state index in [1.807, 2.05) is 11.9 Å². The summed E-state index contributed by atoms with van der Waals surface area (Å²) in [6, 6.07) is 9.08. The van der Waals surface area contributed by atoms with Gasteiger partial charge in [0, 0.05) is 18.4 Å². The molecule has 1 aliphatic heterocycles. The highest BCUT2D eigenvalue weighted by molar-refractivity contribution is 7.70. The normalized spacial score (nSPS) is 19.9. The van der Waals surface area contributed by atoms with Gasteiger partial charge in [0.15, 0.2) is 0 Å². The number of thiophene rings is 1. The number of likely N-dealkylation sites (tertiary alicyclic amines) is 1. The molecule has 2 aromatic carbocycles. The fourth-order valence-corrected chi connectivity index (χ4v) is 6.55. The molecule has 0 saturated carbocycles. The zero-order valence-electron chi connectivity index (χ0n) is 24.8. The number of nitrogens with one attached hydrogen (secondary N) is 2. The molecule has 3 aromatic rings. The summed E-state index contributed by atoms with van der Waals surface area (Å²) in [6.45, 7) is 4.05. The Morgan fingerprint density at radius 2 is 2.05 bits per heavy atom. The number of hydrogen-bond acceptors (Lipinski definition) is 6. The number of piperidine rings is 1. The summed E-state index contributed by atoms with van der Waals surface area (Å²) in [5.74, 6) is 5.64. The fourth-order valence-electron chi connectivity index (χ4n) is 4.52. The predicted octanol–water partition coefficient (Wildman–Crippen LogP) is 6.18. The number of alkyl halides is 4. The van der Waals surface area contributed by atoms with Gasteiger partial charge in [-0.25, -0.2) is 4.39 Å². The Morgan fingerprint density at radius 3 is 2.74 bits per heavy atom. The summed E-state index contributed by atoms with van der Waals surface area (Å²) in [5.41, 5.74) is 0.908. The lowest BCUT2D eigenvalue weighted by Crippen LogP contribution is -2.46. The maximum atomic E-state index is 14.7. The average molecular weight is 585 g/mol. The van der Waals surface area contributed by atoms with Gasteiger partial charge in [-0.1, -0.05) is 24.0 Å². The van der Waals surface area contributed by atoms with Gasteiger partial charge in [-0.2, -0.15) is 13.2 Å². The van der Waals surface area contributed by atoms with Gasteiger partial charge in [0.1, 0.15) is 19.1 Å². The van der Waals surface area contributed by atoms with Crippen LogP contribution in [0.3, 0.4) is 0 Å². The first kappa shape index (κ1) is 25.3. The van der Waals surface area contributed by atoms with Gasteiger partial charge in [0.2, 0.25) is 0 Å². The highest BCUT2D eigenvalue weighted by atomic mass is 32.1. The van der Waals surface area contributed by atoms with Crippen molar-refractivity contribution in [2.45, 2.75) is 31.2 Å². The molecule has 2 N–H and O–H groups in total. The van der Waals surface area contributed by atoms with Gasteiger partial charge >= 0.3 is 6.18 Å². The van der Waals surface area contributed by atoms with Gasteiger partial charge in [0.05, 0.1) is 51.1 Å². The number of ether oxygens (including phenoxy) is 1. The Kier molecular flexibility index (Phi) is 7.63. The van der Waals surface area contributed by atoms with Gasteiger partial charge < -0.3 is 24.8 Å². The Labute approximate surface area is 234 Å². The summed E-state index contributed by atoms with van der Waals surface area (Å²) < 4.78 is 96.0. The Morgan fingerprint density at radius 1 is 1.26 bits per heavy atom. The molecule has 2 atom stereocenters. The van der Waals surface area contributed by atoms with Crippen molar-refractivity contribution in [1.29, 1.82) is 0 Å². The molecule has 0 aliphatic carbocycles. The second-order valence-electron chi connectivity index (χ2n) is 9.99. The maximum absolute atomic E-state index is 14.7. The van der Waals surface area contributed by atoms with E-state index in [0.717, 1.165) is 11.3 Å². The lowest BCUT2D eigenvalue weighted by Gasteiger charge is -2.33. The molecule has 0 spiro atoms. The number of methoxy groups -OCH3 is 1. The fraction of sp³-hybridized carbons (Fsp3) is 0.429. The molecule has 1 saturated heterocycles. The molecule has 0 radical (unpaired) electrons. The number of fused-ring (bicyclic) bond motifs is 1. The number of hydrogen-bond donors (Lipinski definition) is 2. The first-order valence-corrected chi connectivity index (χ1v) is 15.7. The Bertz CT molecular complexity index is 1550. The quantitative estimate of drug-likeness (QED) is 0.197. The van der Waals surface area contributed by atoms with E-state index in [4.69, 9.17) is 8.85 Å². The van der Waals surface area contributed by atoms with E-state index in [1.165, 1.54) is 12.1 Å². The standard InChI is InChI=1S/C28H32F4N3O2PS/c1-35-14-12-22(21(29)17-35)34-24-8-5-7-19-20(16-28(30,31)32)26(39-27(19)24)9-6-13-33-23-11-10-18(38(3,4)36)15-25(23)37-2/h5,7-8,10-11,15,21-22,33-34H,12-14,16-17H2,1-4H3/i2D3. The molecular weight excluding hydrogens is 549 g/mol. The van der Waals surface area contributed by atoms with Crippen LogP contribution in [-0.4, -0.2) is 70.3 Å². The van der Waals surface area contributed by atoms with Crippen molar-refractivity contribution in [3.05, 3.63) is 46.8 Å². The van der Waals surface area contributed by atoms with Crippen LogP contribution < -0.4 is 20.7 Å². The van der Waals surface area contributed by atoms with E-state index >= 15 is 0 Å². The molecule has 5 nitrogen and oxygen atoms in total. The van der Waals surface area contributed by atoms with Crippen molar-refractivity contribution in [3.8, 4) is 17.6 Å². The first-order chi connectivity index (χ1) is 19.5. The van der Waals surface area contributed by atoms with Crippen molar-refractivity contribution in [2.24, 2.45) is 0 Å². The van der Waals surface area contributed by atoms with Gasteiger partial charge in [0.25, 0.3) is 0 Å². The van der Waals surface area contributed by atoms with Crippen molar-refractivity contribution in [3.63, 3.8) is 0 Å². The Hall–Kier alpha value is -2.73. The van der Waals surface area contributed by atoms with Crippen LogP contribution in [0.15, 0.2) is 36.4 Å². The molecule has 11 heteroatoms. The van der Waals surface area contributed by atoms with Crippen LogP contribution in [0.25, 0.3) is 10.1 Å². The lowest BCUT2D eigenvalue weighted by molar-refractivity contribution is -0.126. The molecule has 0 amide bonds. The number of anilines is 2. The molecule has 39 heavy (non-hydrogen) atoms. The van der Waals surface area contributed by atoms with Crippen molar-refractivity contribution in [1.82, 2.24) is 4.90 Å². The van der Waals surface area contributed by atoms with Crippen LogP contribution in [0, 0.1) is 11.8 Å². The lowest BCUT2D eigenvalue weighted by atomic mass is 10.0. The summed E-state index contributed by atoms with van der Waals surface area (Å²) in [7, 11) is -3.61. The zero-order chi connectivity index (χ0) is 30.9. The number of nitrogens with zero attached hydrogens (tertiary/aromatic N) is 1. The predicted molar refractivity (Wildman–Crippen MR) is 153 cm³/mol. The van der Waals surface area contributed by atoms with Crippen molar-refractivity contribution < 1.29 is 31.0 Å². The zero-order valence-corrected chi connectivity index (χ0v) is 23.5. The van der Waals surface area contributed by atoms with Crippen molar-refractivity contribution >= 4 is 45.2 Å². The monoisotopic (exact) mass is 584 g/mol. The van der Waals surface area contributed by atoms with E-state index in [9.17, 15) is 22.1 Å². The van der Waals surface area contributed by atoms with Crippen LogP contribution in [0.2, 0.25) is 0 Å². The van der Waals surface area contributed by atoms with E-state index < -0.39 is 39.0 Å². The van der Waals surface area contributed by atoms with Crippen molar-refractivity contribution in [2.75, 3.05) is 57.7 Å². The Balaban J connectivity index is 1.62. The molecule has 4 rings (SSSR count). The molecule has 1 aliphatic rings. The first-order valence-electron chi connectivity index (χ1n) is 13.8. The minimum absolute atomic E-state index is 0.0312. The summed E-state index contributed by atoms with van der Waals surface area (Å²) >= 11 is 1.12. The molecular formula is C28H32F4N3O2PS. The molecule has 2 heterocycles. The number of benzene rings is 2. The van der Waals surface area contributed by atoms with Gasteiger partial charge in [-0.15, -0.1) is 11.3 Å². The minimum Gasteiger partial charge on any atom is -0.495 e. The maximum Gasteiger partial charge on any atom is 0.393 e. The third-order valence-electron chi connectivity index (χ3n) is 6.55. The van der Waals surface area contributed by atoms with E-state index in [0.29, 0.717) is 34.0 Å². The second-order valence-corrected chi connectivity index (χ2v) is 14.2. The number of rotatable bonds is 7. The third-order valence-corrected chi connectivity index (χ3v) is 9.27. The third kappa shape index (κ3) is 7.27. The van der Waals surface area contributed by atoms with Crippen LogP contribution in [0.1, 0.15) is 21.0 Å². The topological polar surface area (TPSA) is 53.6 Å². The smallest absolute Gasteiger partial charge is 0.393 e. The average Bonchev–Trinajstić information content (AvgIpc) is 3.19. The largest absolute Gasteiger partial charge is 0.495 e. The van der Waals surface area contributed by atoms with Gasteiger partial charge in [-0.3, -0.25) is 0 Å². The van der Waals surface area contributed by atoms with E-state index in [1.54, 1.807) is 37.6 Å². The van der Waals surface area contributed by atoms with Crippen LogP contribution >= 0.6 is 18.5 Å². The summed E-state index contributed by atoms with van der Waals surface area (Å²) in [5, 5.41) is 7.01. The molecule has 2 unspecified atom stereocenters. The summed E-state index contributed by atoms with van der Waals surface area (Å²) in [6.07, 6.45) is -6.19. The molecule has 1 aromatic heterocycles. The summed E-state index contributed by atoms with van der Waals surface area (Å²) in [4.78, 5) is 2.14.